The van der Waals surface area contributed by atoms with E-state index in [0.29, 0.717) is 6.04 Å². The number of hydrogen-bond acceptors (Lipinski definition) is 3. The molecule has 1 aromatic heterocycles. The lowest BCUT2D eigenvalue weighted by molar-refractivity contribution is 0.485. The van der Waals surface area contributed by atoms with E-state index in [9.17, 15) is 0 Å². The summed E-state index contributed by atoms with van der Waals surface area (Å²) in [4.78, 5) is 8.70. The monoisotopic (exact) mass is 207 g/mol. The Morgan fingerprint density at radius 2 is 2.20 bits per heavy atom. The Labute approximate surface area is 92.3 Å². The summed E-state index contributed by atoms with van der Waals surface area (Å²) in [6.07, 6.45) is 5.06. The highest BCUT2D eigenvalue weighted by Gasteiger charge is 2.07. The fourth-order valence-electron chi connectivity index (χ4n) is 1.53. The molecule has 0 bridgehead atoms. The summed E-state index contributed by atoms with van der Waals surface area (Å²) in [6, 6.07) is 2.44. The van der Waals surface area contributed by atoms with Crippen LogP contribution in [0.25, 0.3) is 0 Å². The highest BCUT2D eigenvalue weighted by Crippen LogP contribution is 2.01. The van der Waals surface area contributed by atoms with Crippen molar-refractivity contribution in [1.29, 1.82) is 0 Å². The van der Waals surface area contributed by atoms with E-state index in [1.165, 1.54) is 6.42 Å². The number of nitrogens with one attached hydrogen (secondary N) is 1. The van der Waals surface area contributed by atoms with Crippen molar-refractivity contribution in [3.8, 4) is 0 Å². The maximum atomic E-state index is 4.42. The lowest BCUT2D eigenvalue weighted by atomic mass is 10.1. The molecular formula is C12H21N3. The van der Waals surface area contributed by atoms with Crippen LogP contribution in [0, 0.1) is 6.92 Å². The Balaban J connectivity index is 2.50. The lowest BCUT2D eigenvalue weighted by Gasteiger charge is -2.15. The van der Waals surface area contributed by atoms with Crippen LogP contribution in [0.5, 0.6) is 0 Å². The van der Waals surface area contributed by atoms with Crippen LogP contribution in [0.2, 0.25) is 0 Å². The van der Waals surface area contributed by atoms with Crippen LogP contribution in [0.3, 0.4) is 0 Å². The van der Waals surface area contributed by atoms with Crippen LogP contribution >= 0.6 is 0 Å². The largest absolute Gasteiger partial charge is 0.314 e. The number of nitrogens with zero attached hydrogens (tertiary/aromatic N) is 2. The molecule has 0 aliphatic rings. The van der Waals surface area contributed by atoms with Gasteiger partial charge in [-0.1, -0.05) is 13.8 Å². The fraction of sp³-hybridized carbons (Fsp3) is 0.667. The third kappa shape index (κ3) is 4.38. The Hall–Kier alpha value is -0.960. The van der Waals surface area contributed by atoms with Crippen molar-refractivity contribution in [3.63, 3.8) is 0 Å². The third-order valence-electron chi connectivity index (χ3n) is 2.45. The van der Waals surface area contributed by atoms with E-state index in [1.54, 1.807) is 0 Å². The van der Waals surface area contributed by atoms with Gasteiger partial charge in [0.2, 0.25) is 0 Å². The van der Waals surface area contributed by atoms with Crippen LogP contribution in [0.1, 0.15) is 38.2 Å². The maximum Gasteiger partial charge on any atom is 0.130 e. The number of aryl methyl sites for hydroxylation is 1. The Morgan fingerprint density at radius 1 is 1.40 bits per heavy atom. The molecule has 1 N–H and O–H groups in total. The Morgan fingerprint density at radius 3 is 2.80 bits per heavy atom. The van der Waals surface area contributed by atoms with Gasteiger partial charge in [0.25, 0.3) is 0 Å². The molecule has 1 unspecified atom stereocenters. The third-order valence-corrected chi connectivity index (χ3v) is 2.45. The predicted octanol–water partition coefficient (Wildman–Crippen LogP) is 2.11. The van der Waals surface area contributed by atoms with Crippen LogP contribution in [0.4, 0.5) is 0 Å². The van der Waals surface area contributed by atoms with Gasteiger partial charge in [-0.15, -0.1) is 0 Å². The van der Waals surface area contributed by atoms with Gasteiger partial charge < -0.3 is 5.32 Å². The minimum atomic E-state index is 0.506. The van der Waals surface area contributed by atoms with Gasteiger partial charge in [0.1, 0.15) is 5.82 Å². The minimum Gasteiger partial charge on any atom is -0.314 e. The second kappa shape index (κ2) is 6.51. The van der Waals surface area contributed by atoms with Crippen molar-refractivity contribution in [2.24, 2.45) is 0 Å². The van der Waals surface area contributed by atoms with Crippen molar-refractivity contribution >= 4 is 0 Å². The highest BCUT2D eigenvalue weighted by atomic mass is 14.9. The van der Waals surface area contributed by atoms with Gasteiger partial charge in [-0.2, -0.15) is 0 Å². The number of aromatic nitrogens is 2. The average Bonchev–Trinajstić information content (AvgIpc) is 2.24. The van der Waals surface area contributed by atoms with Crippen LogP contribution in [0.15, 0.2) is 12.3 Å². The molecule has 0 fully saturated rings. The summed E-state index contributed by atoms with van der Waals surface area (Å²) in [5.74, 6) is 0.949. The van der Waals surface area contributed by atoms with Crippen LogP contribution in [-0.2, 0) is 6.42 Å². The van der Waals surface area contributed by atoms with Crippen molar-refractivity contribution in [2.45, 2.75) is 46.1 Å². The fourth-order valence-corrected chi connectivity index (χ4v) is 1.53. The summed E-state index contributed by atoms with van der Waals surface area (Å²) in [5.41, 5.74) is 1.05. The van der Waals surface area contributed by atoms with E-state index in [0.717, 1.165) is 30.9 Å². The van der Waals surface area contributed by atoms with Gasteiger partial charge in [-0.3, -0.25) is 0 Å². The number of hydrogen-bond donors (Lipinski definition) is 1. The van der Waals surface area contributed by atoms with Gasteiger partial charge >= 0.3 is 0 Å². The molecule has 3 nitrogen and oxygen atoms in total. The molecule has 0 spiro atoms. The second-order valence-corrected chi connectivity index (χ2v) is 3.88. The normalized spacial score (nSPS) is 12.7. The topological polar surface area (TPSA) is 37.8 Å². The van der Waals surface area contributed by atoms with Crippen molar-refractivity contribution in [3.05, 3.63) is 23.8 Å². The second-order valence-electron chi connectivity index (χ2n) is 3.88. The highest BCUT2D eigenvalue weighted by molar-refractivity contribution is 5.00. The summed E-state index contributed by atoms with van der Waals surface area (Å²) in [7, 11) is 0. The zero-order valence-corrected chi connectivity index (χ0v) is 9.95. The molecule has 3 heteroatoms. The van der Waals surface area contributed by atoms with Crippen molar-refractivity contribution in [1.82, 2.24) is 15.3 Å². The first-order valence-electron chi connectivity index (χ1n) is 5.78. The van der Waals surface area contributed by atoms with E-state index in [4.69, 9.17) is 0 Å². The van der Waals surface area contributed by atoms with Gasteiger partial charge in [0.15, 0.2) is 0 Å². The molecule has 15 heavy (non-hydrogen) atoms. The summed E-state index contributed by atoms with van der Waals surface area (Å²) in [5, 5.41) is 3.51. The van der Waals surface area contributed by atoms with E-state index in [1.807, 2.05) is 19.2 Å². The molecule has 0 saturated carbocycles. The summed E-state index contributed by atoms with van der Waals surface area (Å²) >= 11 is 0. The lowest BCUT2D eigenvalue weighted by Crippen LogP contribution is -2.31. The van der Waals surface area contributed by atoms with Crippen LogP contribution < -0.4 is 5.32 Å². The first kappa shape index (κ1) is 12.1. The molecule has 0 amide bonds. The minimum absolute atomic E-state index is 0.506. The summed E-state index contributed by atoms with van der Waals surface area (Å²) < 4.78 is 0. The zero-order valence-electron chi connectivity index (χ0n) is 9.95. The average molecular weight is 207 g/mol. The van der Waals surface area contributed by atoms with E-state index in [2.05, 4.69) is 29.1 Å². The summed E-state index contributed by atoms with van der Waals surface area (Å²) in [6.45, 7) is 7.46. The molecule has 0 aliphatic heterocycles. The van der Waals surface area contributed by atoms with Crippen molar-refractivity contribution < 1.29 is 0 Å². The Bertz CT molecular complexity index is 286. The molecule has 0 radical (unpaired) electrons. The predicted molar refractivity (Wildman–Crippen MR) is 62.8 cm³/mol. The quantitative estimate of drug-likeness (QED) is 0.776. The van der Waals surface area contributed by atoms with Crippen LogP contribution in [-0.4, -0.2) is 22.6 Å². The first-order valence-corrected chi connectivity index (χ1v) is 5.78. The molecule has 1 rings (SSSR count). The molecular weight excluding hydrogens is 186 g/mol. The molecule has 0 aliphatic carbocycles. The molecule has 0 saturated heterocycles. The van der Waals surface area contributed by atoms with E-state index >= 15 is 0 Å². The van der Waals surface area contributed by atoms with E-state index < -0.39 is 0 Å². The van der Waals surface area contributed by atoms with Crippen molar-refractivity contribution in [2.75, 3.05) is 6.54 Å². The molecule has 0 aromatic carbocycles. The zero-order chi connectivity index (χ0) is 11.1. The molecule has 1 aromatic rings. The van der Waals surface area contributed by atoms with Gasteiger partial charge in [0.05, 0.1) is 0 Å². The van der Waals surface area contributed by atoms with Gasteiger partial charge in [-0.25, -0.2) is 9.97 Å². The Kier molecular flexibility index (Phi) is 5.26. The van der Waals surface area contributed by atoms with Gasteiger partial charge in [-0.05, 0) is 32.4 Å². The van der Waals surface area contributed by atoms with Gasteiger partial charge in [0, 0.05) is 24.4 Å². The molecule has 1 heterocycles. The molecule has 84 valence electrons. The standard InChI is InChI=1S/C12H21N3/c1-4-7-13-11(5-2)9-12-14-8-6-10(3)15-12/h6,8,11,13H,4-5,7,9H2,1-3H3. The maximum absolute atomic E-state index is 4.42. The van der Waals surface area contributed by atoms with E-state index in [-0.39, 0.29) is 0 Å². The number of rotatable bonds is 6. The molecule has 1 atom stereocenters. The SMILES string of the molecule is CCCNC(CC)Cc1nccc(C)n1. The smallest absolute Gasteiger partial charge is 0.130 e. The first-order chi connectivity index (χ1) is 7.26.